The zero-order valence-electron chi connectivity index (χ0n) is 11.3. The van der Waals surface area contributed by atoms with Gasteiger partial charge in [-0.1, -0.05) is 6.92 Å². The highest BCUT2D eigenvalue weighted by atomic mass is 15.5. The summed E-state index contributed by atoms with van der Waals surface area (Å²) in [5.41, 5.74) is 0. The van der Waals surface area contributed by atoms with Crippen molar-refractivity contribution < 1.29 is 0 Å². The SMILES string of the molecule is CCN1CCCN2CCN3CCCN(C)C3C12. The van der Waals surface area contributed by atoms with Crippen molar-refractivity contribution >= 4 is 0 Å². The first-order valence-electron chi connectivity index (χ1n) is 7.23. The summed E-state index contributed by atoms with van der Waals surface area (Å²) in [6.45, 7) is 11.2. The molecular formula is C13H26N4. The summed E-state index contributed by atoms with van der Waals surface area (Å²) in [6.07, 6.45) is 3.97. The van der Waals surface area contributed by atoms with Gasteiger partial charge in [0.2, 0.25) is 0 Å². The maximum Gasteiger partial charge on any atom is 0.0921 e. The van der Waals surface area contributed by atoms with Crippen molar-refractivity contribution in [3.05, 3.63) is 0 Å². The zero-order valence-corrected chi connectivity index (χ0v) is 11.3. The summed E-state index contributed by atoms with van der Waals surface area (Å²) >= 11 is 0. The first-order valence-corrected chi connectivity index (χ1v) is 7.23. The molecule has 4 heteroatoms. The fourth-order valence-electron chi connectivity index (χ4n) is 3.92. The molecule has 0 bridgehead atoms. The van der Waals surface area contributed by atoms with Crippen molar-refractivity contribution in [3.8, 4) is 0 Å². The number of hydrogen-bond donors (Lipinski definition) is 0. The average Bonchev–Trinajstić information content (AvgIpc) is 2.38. The third kappa shape index (κ3) is 2.01. The number of nitrogens with zero attached hydrogens (tertiary/aromatic N) is 4. The van der Waals surface area contributed by atoms with Crippen molar-refractivity contribution in [3.63, 3.8) is 0 Å². The monoisotopic (exact) mass is 238 g/mol. The van der Waals surface area contributed by atoms with Gasteiger partial charge in [-0.25, -0.2) is 0 Å². The molecule has 3 aliphatic heterocycles. The van der Waals surface area contributed by atoms with E-state index >= 15 is 0 Å². The van der Waals surface area contributed by atoms with Crippen molar-refractivity contribution in [2.75, 3.05) is 52.9 Å². The lowest BCUT2D eigenvalue weighted by Crippen LogP contribution is -2.73. The lowest BCUT2D eigenvalue weighted by atomic mass is 10.0. The van der Waals surface area contributed by atoms with Crippen LogP contribution in [-0.4, -0.2) is 84.8 Å². The van der Waals surface area contributed by atoms with Gasteiger partial charge >= 0.3 is 0 Å². The van der Waals surface area contributed by atoms with Gasteiger partial charge in [-0.15, -0.1) is 0 Å². The van der Waals surface area contributed by atoms with Crippen molar-refractivity contribution in [1.82, 2.24) is 19.6 Å². The van der Waals surface area contributed by atoms with Crippen molar-refractivity contribution in [1.29, 1.82) is 0 Å². The zero-order chi connectivity index (χ0) is 11.8. The number of rotatable bonds is 1. The van der Waals surface area contributed by atoms with Crippen molar-refractivity contribution in [2.45, 2.75) is 32.1 Å². The van der Waals surface area contributed by atoms with E-state index in [-0.39, 0.29) is 0 Å². The van der Waals surface area contributed by atoms with Crippen LogP contribution in [0.5, 0.6) is 0 Å². The molecule has 2 atom stereocenters. The van der Waals surface area contributed by atoms with E-state index in [0.717, 1.165) is 0 Å². The summed E-state index contributed by atoms with van der Waals surface area (Å²) < 4.78 is 0. The van der Waals surface area contributed by atoms with Crippen LogP contribution in [0.15, 0.2) is 0 Å². The fraction of sp³-hybridized carbons (Fsp3) is 1.00. The number of fused-ring (bicyclic) bond motifs is 3. The molecule has 17 heavy (non-hydrogen) atoms. The third-order valence-electron chi connectivity index (χ3n) is 4.77. The Bertz CT molecular complexity index is 264. The van der Waals surface area contributed by atoms with Crippen LogP contribution in [0, 0.1) is 0 Å². The smallest absolute Gasteiger partial charge is 0.0921 e. The van der Waals surface area contributed by atoms with E-state index in [4.69, 9.17) is 0 Å². The van der Waals surface area contributed by atoms with Gasteiger partial charge in [-0.3, -0.25) is 19.6 Å². The van der Waals surface area contributed by atoms with Crippen LogP contribution in [0.1, 0.15) is 19.8 Å². The molecule has 3 rings (SSSR count). The number of hydrogen-bond acceptors (Lipinski definition) is 4. The average molecular weight is 238 g/mol. The predicted octanol–water partition coefficient (Wildman–Crippen LogP) is 0.317. The normalized spacial score (nSPS) is 37.8. The molecule has 0 aromatic rings. The van der Waals surface area contributed by atoms with Gasteiger partial charge in [0.05, 0.1) is 12.3 Å². The lowest BCUT2D eigenvalue weighted by Gasteiger charge is -2.58. The van der Waals surface area contributed by atoms with E-state index in [2.05, 4.69) is 33.6 Å². The minimum atomic E-state index is 0.637. The van der Waals surface area contributed by atoms with Gasteiger partial charge in [0.25, 0.3) is 0 Å². The Morgan fingerprint density at radius 3 is 2.18 bits per heavy atom. The highest BCUT2D eigenvalue weighted by molar-refractivity contribution is 4.94. The minimum absolute atomic E-state index is 0.637. The van der Waals surface area contributed by atoms with E-state index in [9.17, 15) is 0 Å². The highest BCUT2D eigenvalue weighted by Crippen LogP contribution is 2.28. The largest absolute Gasteiger partial charge is 0.288 e. The molecule has 3 fully saturated rings. The molecule has 0 aromatic heterocycles. The van der Waals surface area contributed by atoms with Gasteiger partial charge in [0.1, 0.15) is 0 Å². The van der Waals surface area contributed by atoms with E-state index < -0.39 is 0 Å². The summed E-state index contributed by atoms with van der Waals surface area (Å²) in [5.74, 6) is 0. The third-order valence-corrected chi connectivity index (χ3v) is 4.77. The molecule has 0 spiro atoms. The molecule has 0 amide bonds. The van der Waals surface area contributed by atoms with Crippen LogP contribution >= 0.6 is 0 Å². The second-order valence-electron chi connectivity index (χ2n) is 5.72. The second-order valence-corrected chi connectivity index (χ2v) is 5.72. The Labute approximate surface area is 105 Å². The Hall–Kier alpha value is -0.160. The summed E-state index contributed by atoms with van der Waals surface area (Å²) in [4.78, 5) is 10.7. The summed E-state index contributed by atoms with van der Waals surface area (Å²) in [5, 5.41) is 0. The van der Waals surface area contributed by atoms with Gasteiger partial charge in [-0.2, -0.15) is 0 Å². The Kier molecular flexibility index (Phi) is 3.39. The summed E-state index contributed by atoms with van der Waals surface area (Å²) in [6, 6.07) is 0. The van der Waals surface area contributed by atoms with Crippen LogP contribution in [0.25, 0.3) is 0 Å². The molecule has 98 valence electrons. The molecule has 0 radical (unpaired) electrons. The maximum atomic E-state index is 2.72. The van der Waals surface area contributed by atoms with Gasteiger partial charge < -0.3 is 0 Å². The first kappa shape index (κ1) is 11.9. The fourth-order valence-corrected chi connectivity index (χ4v) is 3.92. The number of piperazine rings is 1. The molecular weight excluding hydrogens is 212 g/mol. The van der Waals surface area contributed by atoms with E-state index in [1.807, 2.05) is 0 Å². The van der Waals surface area contributed by atoms with Gasteiger partial charge in [-0.05, 0) is 26.4 Å². The molecule has 3 aliphatic rings. The molecule has 4 nitrogen and oxygen atoms in total. The van der Waals surface area contributed by atoms with Gasteiger partial charge in [0.15, 0.2) is 0 Å². The molecule has 2 unspecified atom stereocenters. The molecule has 3 heterocycles. The van der Waals surface area contributed by atoms with E-state index in [1.165, 1.54) is 58.7 Å². The second kappa shape index (κ2) is 4.84. The lowest BCUT2D eigenvalue weighted by molar-refractivity contribution is -0.145. The first-order chi connectivity index (χ1) is 8.31. The molecule has 3 saturated heterocycles. The van der Waals surface area contributed by atoms with Crippen molar-refractivity contribution in [2.24, 2.45) is 0 Å². The topological polar surface area (TPSA) is 13.0 Å². The minimum Gasteiger partial charge on any atom is -0.288 e. The van der Waals surface area contributed by atoms with E-state index in [1.54, 1.807) is 0 Å². The van der Waals surface area contributed by atoms with Gasteiger partial charge in [0, 0.05) is 39.3 Å². The quantitative estimate of drug-likeness (QED) is 0.652. The Morgan fingerprint density at radius 2 is 1.47 bits per heavy atom. The molecule has 0 saturated carbocycles. The number of likely N-dealkylation sites (N-methyl/N-ethyl adjacent to an activating group) is 2. The maximum absolute atomic E-state index is 2.72. The molecule has 0 N–H and O–H groups in total. The molecule has 0 aromatic carbocycles. The van der Waals surface area contributed by atoms with Crippen LogP contribution in [0.3, 0.4) is 0 Å². The summed E-state index contributed by atoms with van der Waals surface area (Å²) in [7, 11) is 2.31. The van der Waals surface area contributed by atoms with E-state index in [0.29, 0.717) is 12.3 Å². The Morgan fingerprint density at radius 1 is 0.824 bits per heavy atom. The van der Waals surface area contributed by atoms with Crippen LogP contribution in [0.4, 0.5) is 0 Å². The predicted molar refractivity (Wildman–Crippen MR) is 69.8 cm³/mol. The standard InChI is InChI=1S/C13H26N4/c1-3-15-7-5-9-17-11-10-16-8-4-6-14(2)12(16)13(15)17/h12-13H,3-11H2,1-2H3. The molecule has 0 aliphatic carbocycles. The van der Waals surface area contributed by atoms with Crippen LogP contribution < -0.4 is 0 Å². The van der Waals surface area contributed by atoms with Crippen LogP contribution in [-0.2, 0) is 0 Å². The Balaban J connectivity index is 1.83. The van der Waals surface area contributed by atoms with Crippen LogP contribution in [0.2, 0.25) is 0 Å². The highest BCUT2D eigenvalue weighted by Gasteiger charge is 2.44.